The summed E-state index contributed by atoms with van der Waals surface area (Å²) in [7, 11) is 0. The maximum absolute atomic E-state index is 12.9. The van der Waals surface area contributed by atoms with Crippen LogP contribution in [0, 0.1) is 17.5 Å². The molecule has 0 bridgehead atoms. The third-order valence-electron chi connectivity index (χ3n) is 2.85. The fraction of sp³-hybridized carbons (Fsp3) is 0.417. The van der Waals surface area contributed by atoms with E-state index in [2.05, 4.69) is 10.6 Å². The third-order valence-corrected chi connectivity index (χ3v) is 2.85. The van der Waals surface area contributed by atoms with Crippen molar-refractivity contribution in [1.29, 1.82) is 0 Å². The zero-order valence-corrected chi connectivity index (χ0v) is 9.60. The predicted octanol–water partition coefficient (Wildman–Crippen LogP) is 1.47. The Balaban J connectivity index is 1.85. The smallest absolute Gasteiger partial charge is 0.220 e. The zero-order chi connectivity index (χ0) is 13.1. The average molecular weight is 258 g/mol. The molecule has 0 saturated carbocycles. The Kier molecular flexibility index (Phi) is 3.86. The van der Waals surface area contributed by atoms with Crippen molar-refractivity contribution in [3.05, 3.63) is 35.1 Å². The lowest BCUT2D eigenvalue weighted by atomic mass is 10.2. The van der Waals surface area contributed by atoms with Crippen LogP contribution in [-0.4, -0.2) is 18.5 Å². The molecule has 1 fully saturated rings. The van der Waals surface area contributed by atoms with Gasteiger partial charge < -0.3 is 10.6 Å². The first-order chi connectivity index (χ1) is 8.56. The van der Waals surface area contributed by atoms with Gasteiger partial charge in [-0.05, 0) is 24.1 Å². The van der Waals surface area contributed by atoms with Gasteiger partial charge in [0, 0.05) is 25.6 Å². The van der Waals surface area contributed by atoms with E-state index in [1.54, 1.807) is 0 Å². The highest BCUT2D eigenvalue weighted by Crippen LogP contribution is 2.13. The highest BCUT2D eigenvalue weighted by Gasteiger charge is 2.19. The van der Waals surface area contributed by atoms with Crippen LogP contribution in [-0.2, 0) is 11.3 Å². The Morgan fingerprint density at radius 1 is 1.28 bits per heavy atom. The van der Waals surface area contributed by atoms with Crippen LogP contribution in [0.4, 0.5) is 13.2 Å². The molecule has 6 heteroatoms. The van der Waals surface area contributed by atoms with E-state index in [1.165, 1.54) is 0 Å². The Labute approximate surface area is 102 Å². The summed E-state index contributed by atoms with van der Waals surface area (Å²) in [5.41, 5.74) is 0.329. The molecule has 2 N–H and O–H groups in total. The number of halogens is 3. The summed E-state index contributed by atoms with van der Waals surface area (Å²) in [5, 5.41) is 5.73. The van der Waals surface area contributed by atoms with Gasteiger partial charge in [-0.25, -0.2) is 13.2 Å². The molecule has 1 saturated heterocycles. The largest absolute Gasteiger partial charge is 0.352 e. The molecular formula is C12H13F3N2O. The summed E-state index contributed by atoms with van der Waals surface area (Å²) in [6.45, 7) is 0.743. The Bertz CT molecular complexity index is 442. The second kappa shape index (κ2) is 5.39. The van der Waals surface area contributed by atoms with Gasteiger partial charge >= 0.3 is 0 Å². The second-order valence-corrected chi connectivity index (χ2v) is 4.31. The number of carbonyl (C=O) groups excluding carboxylic acids is 1. The van der Waals surface area contributed by atoms with Crippen molar-refractivity contribution in [3.63, 3.8) is 0 Å². The van der Waals surface area contributed by atoms with Gasteiger partial charge in [-0.2, -0.15) is 0 Å². The van der Waals surface area contributed by atoms with Crippen molar-refractivity contribution in [2.24, 2.45) is 0 Å². The quantitative estimate of drug-likeness (QED) is 0.803. The van der Waals surface area contributed by atoms with Gasteiger partial charge in [0.15, 0.2) is 17.5 Å². The summed E-state index contributed by atoms with van der Waals surface area (Å²) in [6.07, 6.45) is 1.25. The van der Waals surface area contributed by atoms with E-state index in [0.717, 1.165) is 18.6 Å². The van der Waals surface area contributed by atoms with Crippen molar-refractivity contribution in [2.45, 2.75) is 25.4 Å². The van der Waals surface area contributed by atoms with E-state index in [-0.39, 0.29) is 18.5 Å². The van der Waals surface area contributed by atoms with Gasteiger partial charge in [0.2, 0.25) is 5.91 Å². The van der Waals surface area contributed by atoms with Crippen LogP contribution in [0.3, 0.4) is 0 Å². The van der Waals surface area contributed by atoms with Crippen molar-refractivity contribution in [2.75, 3.05) is 6.54 Å². The molecule has 1 aromatic rings. The zero-order valence-electron chi connectivity index (χ0n) is 9.60. The minimum Gasteiger partial charge on any atom is -0.352 e. The van der Waals surface area contributed by atoms with Gasteiger partial charge in [-0.1, -0.05) is 0 Å². The van der Waals surface area contributed by atoms with E-state index in [1.807, 2.05) is 0 Å². The lowest BCUT2D eigenvalue weighted by Crippen LogP contribution is -2.35. The number of hydrogen-bond acceptors (Lipinski definition) is 2. The number of benzene rings is 1. The van der Waals surface area contributed by atoms with Gasteiger partial charge in [0.05, 0.1) is 0 Å². The Morgan fingerprint density at radius 2 is 1.94 bits per heavy atom. The van der Waals surface area contributed by atoms with Gasteiger partial charge in [-0.3, -0.25) is 4.79 Å². The van der Waals surface area contributed by atoms with Gasteiger partial charge in [-0.15, -0.1) is 0 Å². The molecule has 1 aliphatic heterocycles. The van der Waals surface area contributed by atoms with Crippen molar-refractivity contribution in [1.82, 2.24) is 10.6 Å². The molecule has 3 nitrogen and oxygen atoms in total. The highest BCUT2D eigenvalue weighted by molar-refractivity contribution is 5.78. The van der Waals surface area contributed by atoms with E-state index < -0.39 is 17.5 Å². The first-order valence-corrected chi connectivity index (χ1v) is 5.70. The Hall–Kier alpha value is -1.56. The molecule has 1 atom stereocenters. The van der Waals surface area contributed by atoms with E-state index in [9.17, 15) is 18.0 Å². The standard InChI is InChI=1S/C12H13F3N2O/c13-9-3-7(4-10(14)12(9)15)5-16-6-8-1-2-11(18)17-8/h3-4,8,16H,1-2,5-6H2,(H,17,18). The van der Waals surface area contributed by atoms with Crippen molar-refractivity contribution < 1.29 is 18.0 Å². The van der Waals surface area contributed by atoms with E-state index in [4.69, 9.17) is 0 Å². The fourth-order valence-electron chi connectivity index (χ4n) is 1.93. The van der Waals surface area contributed by atoms with Crippen molar-refractivity contribution in [3.8, 4) is 0 Å². The van der Waals surface area contributed by atoms with E-state index in [0.29, 0.717) is 18.5 Å². The average Bonchev–Trinajstić information content (AvgIpc) is 2.72. The van der Waals surface area contributed by atoms with Crippen LogP contribution in [0.2, 0.25) is 0 Å². The maximum atomic E-state index is 12.9. The molecule has 1 aromatic carbocycles. The van der Waals surface area contributed by atoms with Crippen LogP contribution in [0.5, 0.6) is 0 Å². The molecule has 0 radical (unpaired) electrons. The second-order valence-electron chi connectivity index (χ2n) is 4.31. The number of hydrogen-bond donors (Lipinski definition) is 2. The fourth-order valence-corrected chi connectivity index (χ4v) is 1.93. The molecule has 18 heavy (non-hydrogen) atoms. The molecule has 1 unspecified atom stereocenters. The monoisotopic (exact) mass is 258 g/mol. The number of amides is 1. The third kappa shape index (κ3) is 3.01. The Morgan fingerprint density at radius 3 is 2.50 bits per heavy atom. The maximum Gasteiger partial charge on any atom is 0.220 e. The minimum absolute atomic E-state index is 0.0145. The number of nitrogens with one attached hydrogen (secondary N) is 2. The molecule has 1 aliphatic rings. The highest BCUT2D eigenvalue weighted by atomic mass is 19.2. The lowest BCUT2D eigenvalue weighted by molar-refractivity contribution is -0.119. The van der Waals surface area contributed by atoms with E-state index >= 15 is 0 Å². The van der Waals surface area contributed by atoms with Crippen LogP contribution in [0.15, 0.2) is 12.1 Å². The first kappa shape index (κ1) is 12.9. The molecule has 0 spiro atoms. The summed E-state index contributed by atoms with van der Waals surface area (Å²) in [5.74, 6) is -3.83. The topological polar surface area (TPSA) is 41.1 Å². The number of carbonyl (C=O) groups is 1. The number of rotatable bonds is 4. The van der Waals surface area contributed by atoms with Crippen LogP contribution < -0.4 is 10.6 Å². The van der Waals surface area contributed by atoms with Gasteiger partial charge in [0.25, 0.3) is 0 Å². The SMILES string of the molecule is O=C1CCC(CNCc2cc(F)c(F)c(F)c2)N1. The first-order valence-electron chi connectivity index (χ1n) is 5.70. The normalized spacial score (nSPS) is 19.1. The molecule has 0 aliphatic carbocycles. The van der Waals surface area contributed by atoms with Gasteiger partial charge in [0.1, 0.15) is 0 Å². The predicted molar refractivity (Wildman–Crippen MR) is 59.2 cm³/mol. The van der Waals surface area contributed by atoms with Crippen LogP contribution in [0.25, 0.3) is 0 Å². The lowest BCUT2D eigenvalue weighted by Gasteiger charge is -2.11. The summed E-state index contributed by atoms with van der Waals surface area (Å²) in [6, 6.07) is 1.96. The molecule has 1 heterocycles. The van der Waals surface area contributed by atoms with Crippen molar-refractivity contribution >= 4 is 5.91 Å². The molecule has 98 valence electrons. The molecule has 0 aromatic heterocycles. The minimum atomic E-state index is -1.46. The molecule has 1 amide bonds. The molecular weight excluding hydrogens is 245 g/mol. The summed E-state index contributed by atoms with van der Waals surface area (Å²) >= 11 is 0. The summed E-state index contributed by atoms with van der Waals surface area (Å²) < 4.78 is 38.5. The van der Waals surface area contributed by atoms with Crippen LogP contribution >= 0.6 is 0 Å². The summed E-state index contributed by atoms with van der Waals surface area (Å²) in [4.78, 5) is 10.9. The van der Waals surface area contributed by atoms with Crippen LogP contribution in [0.1, 0.15) is 18.4 Å². The molecule has 2 rings (SSSR count).